The highest BCUT2D eigenvalue weighted by Crippen LogP contribution is 2.30. The minimum absolute atomic E-state index is 0.593. The van der Waals surface area contributed by atoms with E-state index in [-0.39, 0.29) is 0 Å². The van der Waals surface area contributed by atoms with Gasteiger partial charge in [-0.05, 0) is 48.1 Å². The molecule has 1 saturated carbocycles. The van der Waals surface area contributed by atoms with Crippen molar-refractivity contribution in [3.8, 4) is 0 Å². The van der Waals surface area contributed by atoms with Crippen LogP contribution in [0.25, 0.3) is 0 Å². The monoisotopic (exact) mass is 405 g/mol. The van der Waals surface area contributed by atoms with Crippen molar-refractivity contribution in [3.05, 3.63) is 58.9 Å². The molecule has 2 heterocycles. The molecular formula is C22H26F3N3O. The fourth-order valence-electron chi connectivity index (χ4n) is 4.15. The summed E-state index contributed by atoms with van der Waals surface area (Å²) in [6.45, 7) is 2.73. The highest BCUT2D eigenvalue weighted by molar-refractivity contribution is 5.44. The van der Waals surface area contributed by atoms with Gasteiger partial charge in [0.15, 0.2) is 0 Å². The topological polar surface area (TPSA) is 37.4 Å². The van der Waals surface area contributed by atoms with Gasteiger partial charge in [-0.1, -0.05) is 31.4 Å². The van der Waals surface area contributed by atoms with Gasteiger partial charge in [-0.3, -0.25) is 20.2 Å². The van der Waals surface area contributed by atoms with E-state index in [4.69, 9.17) is 4.84 Å². The minimum atomic E-state index is -4.30. The summed E-state index contributed by atoms with van der Waals surface area (Å²) in [7, 11) is 0. The van der Waals surface area contributed by atoms with Gasteiger partial charge < -0.3 is 0 Å². The van der Waals surface area contributed by atoms with Gasteiger partial charge in [0.2, 0.25) is 0 Å². The van der Waals surface area contributed by atoms with Gasteiger partial charge in [0.25, 0.3) is 0 Å². The van der Waals surface area contributed by atoms with Gasteiger partial charge in [-0.15, -0.1) is 0 Å². The van der Waals surface area contributed by atoms with Gasteiger partial charge in [0.05, 0.1) is 29.7 Å². The van der Waals surface area contributed by atoms with E-state index in [1.807, 2.05) is 0 Å². The Hall–Kier alpha value is -2.12. The molecule has 156 valence electrons. The molecular weight excluding hydrogens is 379 g/mol. The Balaban J connectivity index is 1.29. The van der Waals surface area contributed by atoms with E-state index >= 15 is 0 Å². The molecule has 0 spiro atoms. The second-order valence-corrected chi connectivity index (χ2v) is 8.09. The van der Waals surface area contributed by atoms with Crippen molar-refractivity contribution in [2.45, 2.75) is 57.9 Å². The normalized spacial score (nSPS) is 18.0. The Morgan fingerprint density at radius 3 is 2.55 bits per heavy atom. The maximum absolute atomic E-state index is 12.7. The van der Waals surface area contributed by atoms with Crippen molar-refractivity contribution < 1.29 is 18.0 Å². The molecule has 0 radical (unpaired) electrons. The minimum Gasteiger partial charge on any atom is -0.289 e. The van der Waals surface area contributed by atoms with Crippen molar-refractivity contribution in [2.24, 2.45) is 5.92 Å². The molecule has 1 aliphatic carbocycles. The van der Waals surface area contributed by atoms with Crippen LogP contribution in [-0.4, -0.2) is 16.5 Å². The molecule has 4 nitrogen and oxygen atoms in total. The van der Waals surface area contributed by atoms with E-state index in [1.54, 1.807) is 18.3 Å². The van der Waals surface area contributed by atoms with Crippen LogP contribution in [0.5, 0.6) is 0 Å². The average molecular weight is 405 g/mol. The molecule has 0 amide bonds. The number of benzene rings is 1. The molecule has 1 aromatic carbocycles. The van der Waals surface area contributed by atoms with Crippen LogP contribution in [0.2, 0.25) is 0 Å². The standard InChI is InChI=1S/C22H26F3N3O/c23-22(24,25)19-8-6-16(7-9-19)12-28-13-18-10-20(11-26-21(18)14-28)27-29-15-17-4-2-1-3-5-17/h6-11,17,27H,1-5,12-15H2. The summed E-state index contributed by atoms with van der Waals surface area (Å²) in [6.07, 6.45) is 3.89. The largest absolute Gasteiger partial charge is 0.416 e. The zero-order valence-electron chi connectivity index (χ0n) is 16.3. The molecule has 0 bridgehead atoms. The third-order valence-corrected chi connectivity index (χ3v) is 5.75. The van der Waals surface area contributed by atoms with Crippen molar-refractivity contribution in [1.82, 2.24) is 9.88 Å². The summed E-state index contributed by atoms with van der Waals surface area (Å²) in [5, 5.41) is 0. The summed E-state index contributed by atoms with van der Waals surface area (Å²) in [4.78, 5) is 12.4. The van der Waals surface area contributed by atoms with Gasteiger partial charge in [0, 0.05) is 19.6 Å². The van der Waals surface area contributed by atoms with Crippen LogP contribution in [0, 0.1) is 5.92 Å². The summed E-state index contributed by atoms with van der Waals surface area (Å²) in [5.41, 5.74) is 6.25. The average Bonchev–Trinajstić information content (AvgIpc) is 3.10. The molecule has 7 heteroatoms. The van der Waals surface area contributed by atoms with E-state index in [0.29, 0.717) is 19.0 Å². The molecule has 1 aliphatic heterocycles. The van der Waals surface area contributed by atoms with Crippen molar-refractivity contribution in [1.29, 1.82) is 0 Å². The Bertz CT molecular complexity index is 817. The molecule has 29 heavy (non-hydrogen) atoms. The number of nitrogens with zero attached hydrogens (tertiary/aromatic N) is 2. The number of anilines is 1. The molecule has 4 rings (SSSR count). The summed E-state index contributed by atoms with van der Waals surface area (Å²) >= 11 is 0. The Morgan fingerprint density at radius 2 is 1.83 bits per heavy atom. The first kappa shape index (κ1) is 20.2. The van der Waals surface area contributed by atoms with E-state index in [9.17, 15) is 13.2 Å². The first-order valence-corrected chi connectivity index (χ1v) is 10.2. The highest BCUT2D eigenvalue weighted by atomic mass is 19.4. The smallest absolute Gasteiger partial charge is 0.289 e. The zero-order valence-corrected chi connectivity index (χ0v) is 16.3. The van der Waals surface area contributed by atoms with E-state index in [1.165, 1.54) is 32.1 Å². The number of hydrogen-bond acceptors (Lipinski definition) is 4. The Kier molecular flexibility index (Phi) is 6.06. The first-order valence-electron chi connectivity index (χ1n) is 10.2. The molecule has 2 aliphatic rings. The van der Waals surface area contributed by atoms with Crippen LogP contribution in [0.1, 0.15) is 54.5 Å². The lowest BCUT2D eigenvalue weighted by Gasteiger charge is -2.21. The van der Waals surface area contributed by atoms with E-state index < -0.39 is 11.7 Å². The second-order valence-electron chi connectivity index (χ2n) is 8.09. The third-order valence-electron chi connectivity index (χ3n) is 5.75. The van der Waals surface area contributed by atoms with Crippen molar-refractivity contribution in [3.63, 3.8) is 0 Å². The first-order chi connectivity index (χ1) is 14.0. The van der Waals surface area contributed by atoms with Gasteiger partial charge in [-0.25, -0.2) is 0 Å². The van der Waals surface area contributed by atoms with Crippen LogP contribution >= 0.6 is 0 Å². The molecule has 0 unspecified atom stereocenters. The highest BCUT2D eigenvalue weighted by Gasteiger charge is 2.30. The number of pyridine rings is 1. The molecule has 0 saturated heterocycles. The molecule has 1 fully saturated rings. The number of nitrogens with one attached hydrogen (secondary N) is 1. The van der Waals surface area contributed by atoms with Crippen molar-refractivity contribution in [2.75, 3.05) is 12.1 Å². The molecule has 0 atom stereocenters. The van der Waals surface area contributed by atoms with Gasteiger partial charge in [0.1, 0.15) is 0 Å². The number of aromatic nitrogens is 1. The summed E-state index contributed by atoms with van der Waals surface area (Å²) < 4.78 is 38.1. The molecule has 2 aromatic rings. The van der Waals surface area contributed by atoms with Crippen LogP contribution in [0.4, 0.5) is 18.9 Å². The van der Waals surface area contributed by atoms with E-state index in [0.717, 1.165) is 47.8 Å². The van der Waals surface area contributed by atoms with Crippen LogP contribution in [0.3, 0.4) is 0 Å². The number of alkyl halides is 3. The predicted octanol–water partition coefficient (Wildman–Crippen LogP) is 5.54. The van der Waals surface area contributed by atoms with Crippen molar-refractivity contribution >= 4 is 5.69 Å². The lowest BCUT2D eigenvalue weighted by Crippen LogP contribution is -2.16. The second kappa shape index (κ2) is 8.71. The fourth-order valence-corrected chi connectivity index (χ4v) is 4.15. The SMILES string of the molecule is FC(F)(F)c1ccc(CN2Cc3cc(NOCC4CCCCC4)cnc3C2)cc1. The Labute approximate surface area is 169 Å². The van der Waals surface area contributed by atoms with Crippen LogP contribution in [-0.2, 0) is 30.6 Å². The number of fused-ring (bicyclic) bond motifs is 1. The number of halogens is 3. The van der Waals surface area contributed by atoms with Crippen LogP contribution in [0.15, 0.2) is 36.5 Å². The lowest BCUT2D eigenvalue weighted by molar-refractivity contribution is -0.137. The summed E-state index contributed by atoms with van der Waals surface area (Å²) in [5.74, 6) is 0.637. The van der Waals surface area contributed by atoms with Crippen LogP contribution < -0.4 is 5.48 Å². The predicted molar refractivity (Wildman–Crippen MR) is 105 cm³/mol. The fraction of sp³-hybridized carbons (Fsp3) is 0.500. The lowest BCUT2D eigenvalue weighted by atomic mass is 9.90. The molecule has 1 N–H and O–H groups in total. The number of hydrogen-bond donors (Lipinski definition) is 1. The summed E-state index contributed by atoms with van der Waals surface area (Å²) in [6, 6.07) is 7.43. The maximum atomic E-state index is 12.7. The third kappa shape index (κ3) is 5.28. The Morgan fingerprint density at radius 1 is 1.07 bits per heavy atom. The van der Waals surface area contributed by atoms with Gasteiger partial charge in [-0.2, -0.15) is 13.2 Å². The zero-order chi connectivity index (χ0) is 20.3. The van der Waals surface area contributed by atoms with E-state index in [2.05, 4.69) is 21.4 Å². The maximum Gasteiger partial charge on any atom is 0.416 e. The molecule has 1 aromatic heterocycles. The van der Waals surface area contributed by atoms with Gasteiger partial charge >= 0.3 is 6.18 Å². The number of rotatable bonds is 6. The quantitative estimate of drug-likeness (QED) is 0.641.